The van der Waals surface area contributed by atoms with E-state index in [4.69, 9.17) is 16.8 Å². The summed E-state index contributed by atoms with van der Waals surface area (Å²) in [5, 5.41) is 10.9. The highest BCUT2D eigenvalue weighted by Gasteiger charge is 2.17. The standard InChI is InChI=1S/C10H5ClF2N2O/c11-10(15-16)6-4-5-2-1-3-14-9(5)8(13)7(6)12/h1-4,16H/b15-10-. The summed E-state index contributed by atoms with van der Waals surface area (Å²) in [6.45, 7) is 0. The maximum Gasteiger partial charge on any atom is 0.185 e. The summed E-state index contributed by atoms with van der Waals surface area (Å²) < 4.78 is 27.0. The van der Waals surface area contributed by atoms with E-state index in [1.807, 2.05) is 0 Å². The van der Waals surface area contributed by atoms with E-state index in [9.17, 15) is 8.78 Å². The van der Waals surface area contributed by atoms with Crippen LogP contribution in [0.15, 0.2) is 29.6 Å². The van der Waals surface area contributed by atoms with Crippen molar-refractivity contribution >= 4 is 27.7 Å². The fourth-order valence-electron chi connectivity index (χ4n) is 1.36. The minimum Gasteiger partial charge on any atom is -0.410 e. The fraction of sp³-hybridized carbons (Fsp3) is 0. The van der Waals surface area contributed by atoms with Crippen LogP contribution in [0.3, 0.4) is 0 Å². The Kier molecular flexibility index (Phi) is 2.70. The molecule has 1 heterocycles. The normalized spacial score (nSPS) is 12.1. The monoisotopic (exact) mass is 242 g/mol. The molecule has 0 saturated carbocycles. The van der Waals surface area contributed by atoms with Gasteiger partial charge < -0.3 is 5.21 Å². The third-order valence-corrected chi connectivity index (χ3v) is 2.37. The number of oxime groups is 1. The highest BCUT2D eigenvalue weighted by atomic mass is 35.5. The zero-order valence-corrected chi connectivity index (χ0v) is 8.54. The summed E-state index contributed by atoms with van der Waals surface area (Å²) in [6.07, 6.45) is 1.35. The van der Waals surface area contributed by atoms with Crippen molar-refractivity contribution in [3.05, 3.63) is 41.6 Å². The van der Waals surface area contributed by atoms with Gasteiger partial charge in [-0.1, -0.05) is 22.8 Å². The highest BCUT2D eigenvalue weighted by Crippen LogP contribution is 2.23. The van der Waals surface area contributed by atoms with Gasteiger partial charge in [-0.3, -0.25) is 4.98 Å². The number of halogens is 3. The Morgan fingerprint density at radius 3 is 2.81 bits per heavy atom. The molecule has 0 fully saturated rings. The molecule has 0 atom stereocenters. The Bertz CT molecular complexity index is 586. The van der Waals surface area contributed by atoms with Gasteiger partial charge >= 0.3 is 0 Å². The molecular formula is C10H5ClF2N2O. The van der Waals surface area contributed by atoms with E-state index < -0.39 is 16.8 Å². The first-order valence-electron chi connectivity index (χ1n) is 4.26. The van der Waals surface area contributed by atoms with Gasteiger partial charge in [0, 0.05) is 11.6 Å². The first kappa shape index (κ1) is 10.8. The van der Waals surface area contributed by atoms with Crippen LogP contribution in [0, 0.1) is 11.6 Å². The number of nitrogens with zero attached hydrogens (tertiary/aromatic N) is 2. The van der Waals surface area contributed by atoms with E-state index in [-0.39, 0.29) is 11.1 Å². The van der Waals surface area contributed by atoms with E-state index in [1.54, 1.807) is 12.1 Å². The summed E-state index contributed by atoms with van der Waals surface area (Å²) >= 11 is 5.44. The van der Waals surface area contributed by atoms with Crippen molar-refractivity contribution in [3.63, 3.8) is 0 Å². The van der Waals surface area contributed by atoms with Crippen LogP contribution in [0.5, 0.6) is 0 Å². The van der Waals surface area contributed by atoms with Crippen LogP contribution in [0.1, 0.15) is 5.56 Å². The molecule has 0 spiro atoms. The Labute approximate surface area is 94.0 Å². The van der Waals surface area contributed by atoms with Crippen molar-refractivity contribution in [3.8, 4) is 0 Å². The van der Waals surface area contributed by atoms with E-state index in [0.717, 1.165) is 0 Å². The molecular weight excluding hydrogens is 238 g/mol. The Morgan fingerprint density at radius 1 is 1.38 bits per heavy atom. The summed E-state index contributed by atoms with van der Waals surface area (Å²) in [7, 11) is 0. The maximum atomic E-state index is 13.5. The predicted molar refractivity (Wildman–Crippen MR) is 55.8 cm³/mol. The third-order valence-electron chi connectivity index (χ3n) is 2.09. The van der Waals surface area contributed by atoms with E-state index in [0.29, 0.717) is 5.39 Å². The summed E-state index contributed by atoms with van der Waals surface area (Å²) in [5.74, 6) is -2.30. The van der Waals surface area contributed by atoms with Crippen LogP contribution >= 0.6 is 11.6 Å². The lowest BCUT2D eigenvalue weighted by atomic mass is 10.1. The van der Waals surface area contributed by atoms with E-state index in [1.165, 1.54) is 12.3 Å². The smallest absolute Gasteiger partial charge is 0.185 e. The number of hydrogen-bond donors (Lipinski definition) is 1. The molecule has 0 aliphatic carbocycles. The molecule has 0 saturated heterocycles. The predicted octanol–water partition coefficient (Wildman–Crippen LogP) is 2.89. The second kappa shape index (κ2) is 4.02. The van der Waals surface area contributed by atoms with Crippen molar-refractivity contribution in [2.75, 3.05) is 0 Å². The third kappa shape index (κ3) is 1.59. The van der Waals surface area contributed by atoms with Gasteiger partial charge in [-0.05, 0) is 12.1 Å². The molecule has 1 aromatic carbocycles. The molecule has 0 aliphatic rings. The second-order valence-corrected chi connectivity index (χ2v) is 3.38. The number of fused-ring (bicyclic) bond motifs is 1. The Balaban J connectivity index is 2.84. The van der Waals surface area contributed by atoms with Crippen molar-refractivity contribution in [2.24, 2.45) is 5.16 Å². The molecule has 1 aromatic heterocycles. The SMILES string of the molecule is O/N=C(\Cl)c1cc2cccnc2c(F)c1F. The molecule has 16 heavy (non-hydrogen) atoms. The van der Waals surface area contributed by atoms with Crippen LogP contribution in [0.25, 0.3) is 10.9 Å². The number of pyridine rings is 1. The summed E-state index contributed by atoms with van der Waals surface area (Å²) in [5.41, 5.74) is -0.395. The van der Waals surface area contributed by atoms with Crippen molar-refractivity contribution in [1.29, 1.82) is 0 Å². The van der Waals surface area contributed by atoms with Gasteiger partial charge in [-0.2, -0.15) is 0 Å². The molecule has 0 radical (unpaired) electrons. The van der Waals surface area contributed by atoms with Gasteiger partial charge in [-0.25, -0.2) is 8.78 Å². The highest BCUT2D eigenvalue weighted by molar-refractivity contribution is 6.69. The van der Waals surface area contributed by atoms with Crippen LogP contribution in [-0.2, 0) is 0 Å². The molecule has 0 amide bonds. The van der Waals surface area contributed by atoms with Gasteiger partial charge in [0.05, 0.1) is 5.56 Å². The topological polar surface area (TPSA) is 45.5 Å². The molecule has 0 bridgehead atoms. The number of hydrogen-bond acceptors (Lipinski definition) is 3. The number of benzene rings is 1. The van der Waals surface area contributed by atoms with E-state index in [2.05, 4.69) is 10.1 Å². The van der Waals surface area contributed by atoms with Crippen LogP contribution in [-0.4, -0.2) is 15.4 Å². The summed E-state index contributed by atoms with van der Waals surface area (Å²) in [6, 6.07) is 4.39. The van der Waals surface area contributed by atoms with Crippen molar-refractivity contribution in [2.45, 2.75) is 0 Å². The molecule has 0 unspecified atom stereocenters. The Morgan fingerprint density at radius 2 is 2.12 bits per heavy atom. The number of rotatable bonds is 1. The molecule has 2 rings (SSSR count). The lowest BCUT2D eigenvalue weighted by Gasteiger charge is -2.04. The lowest BCUT2D eigenvalue weighted by molar-refractivity contribution is 0.320. The minimum atomic E-state index is -1.19. The Hall–Kier alpha value is -1.75. The van der Waals surface area contributed by atoms with Gasteiger partial charge in [0.2, 0.25) is 0 Å². The quantitative estimate of drug-likeness (QED) is 0.475. The average molecular weight is 243 g/mol. The lowest BCUT2D eigenvalue weighted by Crippen LogP contribution is -2.01. The molecule has 0 aliphatic heterocycles. The number of aromatic nitrogens is 1. The molecule has 3 nitrogen and oxygen atoms in total. The summed E-state index contributed by atoms with van der Waals surface area (Å²) in [4.78, 5) is 3.71. The molecule has 2 aromatic rings. The first-order chi connectivity index (χ1) is 7.65. The zero-order chi connectivity index (χ0) is 11.7. The molecule has 1 N–H and O–H groups in total. The maximum absolute atomic E-state index is 13.5. The van der Waals surface area contributed by atoms with Crippen LogP contribution < -0.4 is 0 Å². The fourth-order valence-corrected chi connectivity index (χ4v) is 1.50. The van der Waals surface area contributed by atoms with Gasteiger partial charge in [-0.15, -0.1) is 0 Å². The van der Waals surface area contributed by atoms with E-state index >= 15 is 0 Å². The zero-order valence-electron chi connectivity index (χ0n) is 7.78. The van der Waals surface area contributed by atoms with Crippen molar-refractivity contribution < 1.29 is 14.0 Å². The van der Waals surface area contributed by atoms with Gasteiger partial charge in [0.15, 0.2) is 16.8 Å². The van der Waals surface area contributed by atoms with Gasteiger partial charge in [0.1, 0.15) is 5.52 Å². The average Bonchev–Trinajstić information content (AvgIpc) is 2.33. The van der Waals surface area contributed by atoms with Crippen LogP contribution in [0.4, 0.5) is 8.78 Å². The second-order valence-electron chi connectivity index (χ2n) is 3.02. The van der Waals surface area contributed by atoms with Crippen molar-refractivity contribution in [1.82, 2.24) is 4.98 Å². The minimum absolute atomic E-state index is 0.0915. The molecule has 6 heteroatoms. The van der Waals surface area contributed by atoms with Gasteiger partial charge in [0.25, 0.3) is 0 Å². The first-order valence-corrected chi connectivity index (χ1v) is 4.63. The van der Waals surface area contributed by atoms with Crippen LogP contribution in [0.2, 0.25) is 0 Å². The largest absolute Gasteiger partial charge is 0.410 e. The molecule has 82 valence electrons.